The number of hydrogen-bond acceptors (Lipinski definition) is 5. The molecule has 3 aromatic rings. The summed E-state index contributed by atoms with van der Waals surface area (Å²) in [4.78, 5) is 45.8. The number of hydrogen-bond donors (Lipinski definition) is 2. The van der Waals surface area contributed by atoms with Crippen LogP contribution in [-0.4, -0.2) is 45.1 Å². The van der Waals surface area contributed by atoms with Crippen LogP contribution in [-0.2, 0) is 20.9 Å². The van der Waals surface area contributed by atoms with Crippen LogP contribution < -0.4 is 11.5 Å². The zero-order valence-electron chi connectivity index (χ0n) is 18.8. The van der Waals surface area contributed by atoms with Gasteiger partial charge in [-0.25, -0.2) is 4.98 Å². The monoisotopic (exact) mass is 479 g/mol. The van der Waals surface area contributed by atoms with E-state index in [1.54, 1.807) is 30.5 Å². The maximum absolute atomic E-state index is 13.8. The van der Waals surface area contributed by atoms with Gasteiger partial charge in [-0.1, -0.05) is 35.9 Å². The normalized spacial score (nSPS) is 16.4. The van der Waals surface area contributed by atoms with E-state index in [2.05, 4.69) is 4.98 Å². The molecule has 1 unspecified atom stereocenters. The molecule has 34 heavy (non-hydrogen) atoms. The third-order valence-corrected chi connectivity index (χ3v) is 6.46. The molecule has 1 aromatic heterocycles. The predicted octanol–water partition coefficient (Wildman–Crippen LogP) is 3.04. The third-order valence-electron chi connectivity index (χ3n) is 6.21. The van der Waals surface area contributed by atoms with E-state index < -0.39 is 18.0 Å². The first-order valence-corrected chi connectivity index (χ1v) is 11.4. The summed E-state index contributed by atoms with van der Waals surface area (Å²) < 4.78 is 0. The summed E-state index contributed by atoms with van der Waals surface area (Å²) in [6, 6.07) is 12.7. The summed E-state index contributed by atoms with van der Waals surface area (Å²) in [6.07, 6.45) is 2.81. The van der Waals surface area contributed by atoms with Crippen molar-refractivity contribution in [1.82, 2.24) is 14.8 Å². The number of fused-ring (bicyclic) bond motifs is 1. The molecule has 9 heteroatoms. The number of likely N-dealkylation sites (tertiary alicyclic amines) is 1. The number of benzene rings is 2. The highest BCUT2D eigenvalue weighted by molar-refractivity contribution is 6.30. The average molecular weight is 480 g/mol. The smallest absolute Gasteiger partial charge is 0.250 e. The van der Waals surface area contributed by atoms with Crippen molar-refractivity contribution in [2.24, 2.45) is 5.73 Å². The fourth-order valence-corrected chi connectivity index (χ4v) is 4.64. The van der Waals surface area contributed by atoms with Gasteiger partial charge >= 0.3 is 0 Å². The van der Waals surface area contributed by atoms with Crippen molar-refractivity contribution in [1.29, 1.82) is 0 Å². The molecule has 176 valence electrons. The van der Waals surface area contributed by atoms with Crippen molar-refractivity contribution >= 4 is 45.9 Å². The molecule has 4 N–H and O–H groups in total. The molecule has 0 bridgehead atoms. The summed E-state index contributed by atoms with van der Waals surface area (Å²) in [5.74, 6) is -0.741. The number of nitrogens with two attached hydrogens (primary N) is 2. The van der Waals surface area contributed by atoms with E-state index in [0.717, 1.165) is 16.3 Å². The van der Waals surface area contributed by atoms with Crippen molar-refractivity contribution in [2.75, 3.05) is 12.3 Å². The number of pyridine rings is 1. The Bertz CT molecular complexity index is 1250. The Morgan fingerprint density at radius 2 is 1.91 bits per heavy atom. The molecule has 8 nitrogen and oxygen atoms in total. The van der Waals surface area contributed by atoms with Gasteiger partial charge in [0, 0.05) is 36.6 Å². The Hall–Kier alpha value is -3.65. The van der Waals surface area contributed by atoms with Gasteiger partial charge in [0.2, 0.25) is 11.8 Å². The Labute approximate surface area is 202 Å². The van der Waals surface area contributed by atoms with Gasteiger partial charge in [0.05, 0.1) is 0 Å². The Morgan fingerprint density at radius 3 is 2.59 bits per heavy atom. The largest absolute Gasteiger partial charge is 0.383 e. The minimum absolute atomic E-state index is 0.182. The second-order valence-corrected chi connectivity index (χ2v) is 8.88. The van der Waals surface area contributed by atoms with Gasteiger partial charge in [-0.05, 0) is 53.6 Å². The van der Waals surface area contributed by atoms with E-state index in [0.29, 0.717) is 35.8 Å². The molecule has 0 radical (unpaired) electrons. The molecule has 4 rings (SSSR count). The summed E-state index contributed by atoms with van der Waals surface area (Å²) in [5, 5.41) is 2.21. The standard InChI is InChI=1S/C25H26ClN5O3/c1-15(32)31(14-16-4-9-20-18(13-16)10-11-29-23(20)27)22(17-5-7-19(26)8-6-17)25(34)30-12-2-3-21(30)24(28)33/h4-11,13,21-22H,2-3,12,14H2,1H3,(H2,27,29)(H2,28,33)/t21-,22?/m0/s1. The predicted molar refractivity (Wildman–Crippen MR) is 131 cm³/mol. The van der Waals surface area contributed by atoms with Crippen LogP contribution in [0.2, 0.25) is 5.02 Å². The molecular formula is C25H26ClN5O3. The summed E-state index contributed by atoms with van der Waals surface area (Å²) in [6.45, 7) is 2.01. The van der Waals surface area contributed by atoms with Crippen molar-refractivity contribution in [3.8, 4) is 0 Å². The zero-order chi connectivity index (χ0) is 24.4. The molecule has 2 aromatic carbocycles. The quantitative estimate of drug-likeness (QED) is 0.562. The number of nitrogen functional groups attached to an aromatic ring is 1. The number of carbonyl (C=O) groups is 3. The number of rotatable bonds is 6. The van der Waals surface area contributed by atoms with Crippen molar-refractivity contribution in [2.45, 2.75) is 38.4 Å². The number of anilines is 1. The Balaban J connectivity index is 1.74. The number of halogens is 1. The second kappa shape index (κ2) is 9.69. The summed E-state index contributed by atoms with van der Waals surface area (Å²) in [7, 11) is 0. The molecule has 1 aliphatic rings. The van der Waals surface area contributed by atoms with Gasteiger partial charge in [0.15, 0.2) is 0 Å². The third kappa shape index (κ3) is 4.68. The first kappa shape index (κ1) is 23.5. The van der Waals surface area contributed by atoms with E-state index in [-0.39, 0.29) is 18.4 Å². The Kier molecular flexibility index (Phi) is 6.70. The van der Waals surface area contributed by atoms with E-state index in [1.807, 2.05) is 24.3 Å². The SMILES string of the molecule is CC(=O)N(Cc1ccc2c(N)nccc2c1)C(C(=O)N1CCC[C@H]1C(N)=O)c1ccc(Cl)cc1. The molecule has 2 heterocycles. The highest BCUT2D eigenvalue weighted by atomic mass is 35.5. The molecule has 1 saturated heterocycles. The van der Waals surface area contributed by atoms with Crippen molar-refractivity contribution < 1.29 is 14.4 Å². The number of amides is 3. The van der Waals surface area contributed by atoms with Crippen LogP contribution in [0.5, 0.6) is 0 Å². The van der Waals surface area contributed by atoms with Gasteiger partial charge in [0.1, 0.15) is 17.9 Å². The number of aromatic nitrogens is 1. The summed E-state index contributed by atoms with van der Waals surface area (Å²) >= 11 is 6.08. The van der Waals surface area contributed by atoms with Gasteiger partial charge in [-0.2, -0.15) is 0 Å². The topological polar surface area (TPSA) is 123 Å². The van der Waals surface area contributed by atoms with E-state index in [9.17, 15) is 14.4 Å². The number of carbonyl (C=O) groups excluding carboxylic acids is 3. The lowest BCUT2D eigenvalue weighted by molar-refractivity contribution is -0.148. The lowest BCUT2D eigenvalue weighted by Gasteiger charge is -2.35. The van der Waals surface area contributed by atoms with Crippen molar-refractivity contribution in [3.05, 3.63) is 70.9 Å². The molecule has 2 atom stereocenters. The lowest BCUT2D eigenvalue weighted by Crippen LogP contribution is -2.49. The molecule has 0 spiro atoms. The van der Waals surface area contributed by atoms with Crippen molar-refractivity contribution in [3.63, 3.8) is 0 Å². The highest BCUT2D eigenvalue weighted by Gasteiger charge is 2.39. The van der Waals surface area contributed by atoms with E-state index >= 15 is 0 Å². The van der Waals surface area contributed by atoms with Crippen LogP contribution in [0.3, 0.4) is 0 Å². The maximum atomic E-state index is 13.8. The lowest BCUT2D eigenvalue weighted by atomic mass is 10.0. The summed E-state index contributed by atoms with van der Waals surface area (Å²) in [5.41, 5.74) is 13.0. The van der Waals surface area contributed by atoms with Gasteiger partial charge in [-0.15, -0.1) is 0 Å². The minimum Gasteiger partial charge on any atom is -0.383 e. The highest BCUT2D eigenvalue weighted by Crippen LogP contribution is 2.31. The van der Waals surface area contributed by atoms with Crippen LogP contribution >= 0.6 is 11.6 Å². The molecule has 0 saturated carbocycles. The van der Waals surface area contributed by atoms with Gasteiger partial charge < -0.3 is 21.3 Å². The zero-order valence-corrected chi connectivity index (χ0v) is 19.5. The molecule has 1 aliphatic heterocycles. The fraction of sp³-hybridized carbons (Fsp3) is 0.280. The molecule has 3 amide bonds. The van der Waals surface area contributed by atoms with Crippen LogP contribution in [0.15, 0.2) is 54.7 Å². The number of primary amides is 1. The first-order valence-electron chi connectivity index (χ1n) is 11.0. The maximum Gasteiger partial charge on any atom is 0.250 e. The second-order valence-electron chi connectivity index (χ2n) is 8.44. The average Bonchev–Trinajstić information content (AvgIpc) is 3.30. The minimum atomic E-state index is -0.937. The van der Waals surface area contributed by atoms with Gasteiger partial charge in [0.25, 0.3) is 5.91 Å². The molecule has 0 aliphatic carbocycles. The first-order chi connectivity index (χ1) is 16.3. The van der Waals surface area contributed by atoms with Crippen LogP contribution in [0.1, 0.15) is 36.9 Å². The van der Waals surface area contributed by atoms with E-state index in [4.69, 9.17) is 23.1 Å². The van der Waals surface area contributed by atoms with Crippen LogP contribution in [0.25, 0.3) is 10.8 Å². The fourth-order valence-electron chi connectivity index (χ4n) is 4.51. The van der Waals surface area contributed by atoms with Gasteiger partial charge in [-0.3, -0.25) is 14.4 Å². The van der Waals surface area contributed by atoms with Crippen LogP contribution in [0.4, 0.5) is 5.82 Å². The number of nitrogens with zero attached hydrogens (tertiary/aromatic N) is 3. The van der Waals surface area contributed by atoms with E-state index in [1.165, 1.54) is 16.7 Å². The van der Waals surface area contributed by atoms with Crippen LogP contribution in [0, 0.1) is 0 Å². The molecular weight excluding hydrogens is 454 g/mol. The Morgan fingerprint density at radius 1 is 1.18 bits per heavy atom. The molecule has 1 fully saturated rings.